The molecule has 0 spiro atoms. The van der Waals surface area contributed by atoms with Crippen LogP contribution in [0.1, 0.15) is 26.7 Å². The van der Waals surface area contributed by atoms with Gasteiger partial charge in [0.2, 0.25) is 10.0 Å². The van der Waals surface area contributed by atoms with Crippen molar-refractivity contribution in [3.63, 3.8) is 0 Å². The lowest BCUT2D eigenvalue weighted by Crippen LogP contribution is -2.45. The van der Waals surface area contributed by atoms with Gasteiger partial charge in [-0.15, -0.1) is 0 Å². The molecule has 2 rings (SSSR count). The molecule has 19 heavy (non-hydrogen) atoms. The normalized spacial score (nSPS) is 16.4. The van der Waals surface area contributed by atoms with E-state index >= 15 is 0 Å². The van der Waals surface area contributed by atoms with E-state index < -0.39 is 15.6 Å². The zero-order chi connectivity index (χ0) is 14.3. The molecule has 1 aliphatic rings. The quantitative estimate of drug-likeness (QED) is 0.807. The molecule has 0 heterocycles. The monoisotopic (exact) mass is 284 g/mol. The highest BCUT2D eigenvalue weighted by Crippen LogP contribution is 2.40. The predicted octanol–water partition coefficient (Wildman–Crippen LogP) is 1.74. The van der Waals surface area contributed by atoms with Crippen LogP contribution in [0.4, 0.5) is 5.69 Å². The second-order valence-corrected chi connectivity index (χ2v) is 7.16. The zero-order valence-corrected chi connectivity index (χ0v) is 12.3. The maximum atomic E-state index is 12.5. The van der Waals surface area contributed by atoms with Crippen molar-refractivity contribution < 1.29 is 13.2 Å². The molecule has 1 fully saturated rings. The maximum Gasteiger partial charge on any atom is 0.244 e. The van der Waals surface area contributed by atoms with Crippen LogP contribution < -0.4 is 15.2 Å². The number of sulfonamides is 1. The molecule has 3 N–H and O–H groups in total. The average molecular weight is 284 g/mol. The lowest BCUT2D eigenvalue weighted by Gasteiger charge is -2.26. The minimum atomic E-state index is -3.64. The summed E-state index contributed by atoms with van der Waals surface area (Å²) in [5, 5.41) is 0. The third kappa shape index (κ3) is 3.01. The number of ether oxygens (including phenoxy) is 1. The number of nitrogens with two attached hydrogens (primary N) is 1. The maximum absolute atomic E-state index is 12.5. The molecule has 1 aromatic carbocycles. The van der Waals surface area contributed by atoms with Gasteiger partial charge in [0, 0.05) is 11.2 Å². The summed E-state index contributed by atoms with van der Waals surface area (Å²) in [4.78, 5) is 0.0868. The van der Waals surface area contributed by atoms with Crippen molar-refractivity contribution >= 4 is 15.7 Å². The van der Waals surface area contributed by atoms with Gasteiger partial charge in [0.05, 0.1) is 7.11 Å². The van der Waals surface area contributed by atoms with Gasteiger partial charge in [-0.25, -0.2) is 13.1 Å². The van der Waals surface area contributed by atoms with Crippen LogP contribution in [0.5, 0.6) is 5.75 Å². The number of hydrogen-bond acceptors (Lipinski definition) is 4. The summed E-state index contributed by atoms with van der Waals surface area (Å²) < 4.78 is 32.8. The van der Waals surface area contributed by atoms with E-state index in [1.807, 2.05) is 13.8 Å². The van der Waals surface area contributed by atoms with Crippen LogP contribution >= 0.6 is 0 Å². The molecule has 6 heteroatoms. The van der Waals surface area contributed by atoms with Crippen LogP contribution in [0.15, 0.2) is 23.1 Å². The fourth-order valence-corrected chi connectivity index (χ4v) is 3.87. The first-order valence-electron chi connectivity index (χ1n) is 6.24. The molecule has 1 aliphatic carbocycles. The van der Waals surface area contributed by atoms with Gasteiger partial charge in [-0.3, -0.25) is 0 Å². The summed E-state index contributed by atoms with van der Waals surface area (Å²) in [6, 6.07) is 4.60. The molecule has 0 amide bonds. The number of methoxy groups -OCH3 is 1. The molecule has 0 unspecified atom stereocenters. The van der Waals surface area contributed by atoms with E-state index in [4.69, 9.17) is 10.5 Å². The molecule has 0 bridgehead atoms. The first-order valence-corrected chi connectivity index (χ1v) is 7.72. The van der Waals surface area contributed by atoms with E-state index in [-0.39, 0.29) is 4.90 Å². The van der Waals surface area contributed by atoms with Crippen LogP contribution in [-0.4, -0.2) is 21.1 Å². The molecular formula is C13H20N2O3S. The standard InChI is InChI=1S/C13H20N2O3S/c1-13(2,9-4-5-9)15-19(16,17)12-8-10(14)6-7-11(12)18-3/h6-9,15H,4-5,14H2,1-3H3. The summed E-state index contributed by atoms with van der Waals surface area (Å²) in [6.45, 7) is 3.81. The lowest BCUT2D eigenvalue weighted by atomic mass is 10.0. The molecule has 0 aliphatic heterocycles. The third-order valence-electron chi connectivity index (χ3n) is 3.47. The number of benzene rings is 1. The summed E-state index contributed by atoms with van der Waals surface area (Å²) in [5.74, 6) is 0.697. The molecule has 0 atom stereocenters. The Kier molecular flexibility index (Phi) is 3.49. The molecule has 106 valence electrons. The lowest BCUT2D eigenvalue weighted by molar-refractivity contribution is 0.390. The SMILES string of the molecule is COc1ccc(N)cc1S(=O)(=O)NC(C)(C)C1CC1. The van der Waals surface area contributed by atoms with E-state index in [1.54, 1.807) is 12.1 Å². The highest BCUT2D eigenvalue weighted by atomic mass is 32.2. The molecule has 1 aromatic rings. The Bertz CT molecular complexity index is 578. The fraction of sp³-hybridized carbons (Fsp3) is 0.538. The molecule has 0 saturated heterocycles. The first kappa shape index (κ1) is 14.1. The Morgan fingerprint density at radius 2 is 2.00 bits per heavy atom. The third-order valence-corrected chi connectivity index (χ3v) is 5.17. The second-order valence-electron chi connectivity index (χ2n) is 5.51. The van der Waals surface area contributed by atoms with Gasteiger partial charge >= 0.3 is 0 Å². The van der Waals surface area contributed by atoms with Gasteiger partial charge in [-0.1, -0.05) is 0 Å². The van der Waals surface area contributed by atoms with E-state index in [9.17, 15) is 8.42 Å². The Labute approximate surface area is 114 Å². The van der Waals surface area contributed by atoms with E-state index in [2.05, 4.69) is 4.72 Å². The minimum absolute atomic E-state index is 0.0868. The van der Waals surface area contributed by atoms with Gasteiger partial charge in [-0.05, 0) is 50.8 Å². The van der Waals surface area contributed by atoms with Crippen LogP contribution in [0, 0.1) is 5.92 Å². The highest BCUT2D eigenvalue weighted by Gasteiger charge is 2.41. The Morgan fingerprint density at radius 3 is 2.53 bits per heavy atom. The zero-order valence-electron chi connectivity index (χ0n) is 11.4. The predicted molar refractivity (Wildman–Crippen MR) is 74.5 cm³/mol. The molecule has 5 nitrogen and oxygen atoms in total. The summed E-state index contributed by atoms with van der Waals surface area (Å²) in [7, 11) is -2.20. The van der Waals surface area contributed by atoms with Crippen molar-refractivity contribution in [1.82, 2.24) is 4.72 Å². The first-order chi connectivity index (χ1) is 8.76. The number of hydrogen-bond donors (Lipinski definition) is 2. The summed E-state index contributed by atoms with van der Waals surface area (Å²) in [5.41, 5.74) is 5.61. The number of nitrogen functional groups attached to an aromatic ring is 1. The highest BCUT2D eigenvalue weighted by molar-refractivity contribution is 7.89. The van der Waals surface area contributed by atoms with Crippen LogP contribution in [0.2, 0.25) is 0 Å². The van der Waals surface area contributed by atoms with Crippen molar-refractivity contribution in [3.05, 3.63) is 18.2 Å². The molecule has 1 saturated carbocycles. The van der Waals surface area contributed by atoms with Crippen molar-refractivity contribution in [1.29, 1.82) is 0 Å². The minimum Gasteiger partial charge on any atom is -0.495 e. The number of nitrogens with one attached hydrogen (secondary N) is 1. The Hall–Kier alpha value is -1.27. The van der Waals surface area contributed by atoms with Crippen molar-refractivity contribution in [2.75, 3.05) is 12.8 Å². The van der Waals surface area contributed by atoms with Crippen LogP contribution in [0.25, 0.3) is 0 Å². The Morgan fingerprint density at radius 1 is 1.37 bits per heavy atom. The van der Waals surface area contributed by atoms with Gasteiger partial charge in [0.1, 0.15) is 10.6 Å². The van der Waals surface area contributed by atoms with Gasteiger partial charge in [-0.2, -0.15) is 0 Å². The van der Waals surface area contributed by atoms with E-state index in [0.717, 1.165) is 12.8 Å². The van der Waals surface area contributed by atoms with Crippen molar-refractivity contribution in [3.8, 4) is 5.75 Å². The molecular weight excluding hydrogens is 264 g/mol. The largest absolute Gasteiger partial charge is 0.495 e. The van der Waals surface area contributed by atoms with Crippen LogP contribution in [0.3, 0.4) is 0 Å². The summed E-state index contributed by atoms with van der Waals surface area (Å²) >= 11 is 0. The molecule has 0 aromatic heterocycles. The average Bonchev–Trinajstić information content (AvgIpc) is 3.11. The Balaban J connectivity index is 2.36. The smallest absolute Gasteiger partial charge is 0.244 e. The van der Waals surface area contributed by atoms with E-state index in [0.29, 0.717) is 17.4 Å². The summed E-state index contributed by atoms with van der Waals surface area (Å²) in [6.07, 6.45) is 2.12. The fourth-order valence-electron chi connectivity index (χ4n) is 2.19. The van der Waals surface area contributed by atoms with Gasteiger partial charge in [0.15, 0.2) is 0 Å². The van der Waals surface area contributed by atoms with E-state index in [1.165, 1.54) is 13.2 Å². The van der Waals surface area contributed by atoms with Crippen molar-refractivity contribution in [2.24, 2.45) is 5.92 Å². The molecule has 0 radical (unpaired) electrons. The topological polar surface area (TPSA) is 81.4 Å². The number of anilines is 1. The second kappa shape index (κ2) is 4.68. The number of rotatable bonds is 5. The van der Waals surface area contributed by atoms with Crippen molar-refractivity contribution in [2.45, 2.75) is 37.1 Å². The van der Waals surface area contributed by atoms with Crippen LogP contribution in [-0.2, 0) is 10.0 Å². The van der Waals surface area contributed by atoms with Gasteiger partial charge in [0.25, 0.3) is 0 Å². The van der Waals surface area contributed by atoms with Gasteiger partial charge < -0.3 is 10.5 Å².